The highest BCUT2D eigenvalue weighted by Crippen LogP contribution is 2.36. The van der Waals surface area contributed by atoms with Gasteiger partial charge in [0.25, 0.3) is 5.56 Å². The van der Waals surface area contributed by atoms with Crippen LogP contribution in [-0.4, -0.2) is 18.9 Å². The van der Waals surface area contributed by atoms with Gasteiger partial charge in [0, 0.05) is 16.6 Å². The van der Waals surface area contributed by atoms with E-state index >= 15 is 0 Å². The molecule has 1 aliphatic carbocycles. The van der Waals surface area contributed by atoms with Crippen LogP contribution in [-0.2, 0) is 10.0 Å². The first kappa shape index (κ1) is 13.3. The minimum Gasteiger partial charge on any atom is -0.322 e. The lowest BCUT2D eigenvalue weighted by molar-refractivity contribution is 0.558. The van der Waals surface area contributed by atoms with Crippen LogP contribution >= 0.6 is 0 Å². The smallest absolute Gasteiger partial charge is 0.251 e. The Morgan fingerprint density at radius 3 is 2.60 bits per heavy atom. The standard InChI is InChI=1S/C14H16N2O3S/c1-9-7-10-8-11(3-4-12(10)15-13(9)17)20(18,19)16-14(2)5-6-14/h3-4,7-8,16H,5-6H2,1-2H3,(H,15,17). The maximum absolute atomic E-state index is 12.3. The minimum absolute atomic E-state index is 0.156. The lowest BCUT2D eigenvalue weighted by Gasteiger charge is -2.12. The van der Waals surface area contributed by atoms with E-state index in [2.05, 4.69) is 9.71 Å². The third-order valence-corrected chi connectivity index (χ3v) is 5.33. The molecule has 6 heteroatoms. The second kappa shape index (κ2) is 4.17. The molecule has 3 rings (SSSR count). The van der Waals surface area contributed by atoms with E-state index in [9.17, 15) is 13.2 Å². The fourth-order valence-corrected chi connectivity index (χ4v) is 3.63. The summed E-state index contributed by atoms with van der Waals surface area (Å²) in [5, 5.41) is 0.714. The Hall–Kier alpha value is -1.66. The fourth-order valence-electron chi connectivity index (χ4n) is 2.13. The quantitative estimate of drug-likeness (QED) is 0.903. The summed E-state index contributed by atoms with van der Waals surface area (Å²) in [6.07, 6.45) is 1.73. The van der Waals surface area contributed by atoms with Gasteiger partial charge in [-0.1, -0.05) is 0 Å². The predicted octanol–water partition coefficient (Wildman–Crippen LogP) is 1.67. The second-order valence-corrected chi connectivity index (χ2v) is 7.38. The minimum atomic E-state index is -3.51. The van der Waals surface area contributed by atoms with Crippen molar-refractivity contribution in [2.45, 2.75) is 37.1 Å². The van der Waals surface area contributed by atoms with Gasteiger partial charge in [0.15, 0.2) is 0 Å². The number of aryl methyl sites for hydroxylation is 1. The van der Waals surface area contributed by atoms with Gasteiger partial charge in [0.1, 0.15) is 0 Å². The van der Waals surface area contributed by atoms with E-state index < -0.39 is 10.0 Å². The highest BCUT2D eigenvalue weighted by atomic mass is 32.2. The third kappa shape index (κ3) is 2.36. The molecule has 0 spiro atoms. The molecule has 0 atom stereocenters. The monoisotopic (exact) mass is 292 g/mol. The molecule has 1 aliphatic rings. The normalized spacial score (nSPS) is 17.3. The van der Waals surface area contributed by atoms with Gasteiger partial charge in [-0.25, -0.2) is 13.1 Å². The maximum Gasteiger partial charge on any atom is 0.251 e. The number of pyridine rings is 1. The Kier molecular flexibility index (Phi) is 2.78. The molecule has 5 nitrogen and oxygen atoms in total. The van der Waals surface area contributed by atoms with Crippen molar-refractivity contribution in [2.75, 3.05) is 0 Å². The van der Waals surface area contributed by atoms with E-state index in [-0.39, 0.29) is 16.0 Å². The van der Waals surface area contributed by atoms with Gasteiger partial charge in [-0.3, -0.25) is 4.79 Å². The molecule has 1 saturated carbocycles. The molecule has 0 aliphatic heterocycles. The molecule has 1 aromatic carbocycles. The first-order chi connectivity index (χ1) is 9.29. The maximum atomic E-state index is 12.3. The molecule has 1 fully saturated rings. The number of fused-ring (bicyclic) bond motifs is 1. The Labute approximate surface area is 117 Å². The Bertz CT molecular complexity index is 848. The number of benzene rings is 1. The van der Waals surface area contributed by atoms with Gasteiger partial charge >= 0.3 is 0 Å². The summed E-state index contributed by atoms with van der Waals surface area (Å²) in [5.74, 6) is 0. The van der Waals surface area contributed by atoms with Crippen LogP contribution in [0.25, 0.3) is 10.9 Å². The van der Waals surface area contributed by atoms with Gasteiger partial charge in [-0.15, -0.1) is 0 Å². The van der Waals surface area contributed by atoms with Crippen LogP contribution in [0, 0.1) is 6.92 Å². The summed E-state index contributed by atoms with van der Waals surface area (Å²) in [6.45, 7) is 3.59. The van der Waals surface area contributed by atoms with Gasteiger partial charge in [0.2, 0.25) is 10.0 Å². The molecule has 2 N–H and O–H groups in total. The lowest BCUT2D eigenvalue weighted by Crippen LogP contribution is -2.34. The number of H-pyrrole nitrogens is 1. The fraction of sp³-hybridized carbons (Fsp3) is 0.357. The predicted molar refractivity (Wildman–Crippen MR) is 77.3 cm³/mol. The average Bonchev–Trinajstić information content (AvgIpc) is 3.06. The van der Waals surface area contributed by atoms with Crippen molar-refractivity contribution in [3.8, 4) is 0 Å². The van der Waals surface area contributed by atoms with Crippen LogP contribution < -0.4 is 10.3 Å². The number of nitrogens with one attached hydrogen (secondary N) is 2. The molecule has 0 saturated heterocycles. The number of aromatic nitrogens is 1. The van der Waals surface area contributed by atoms with Crippen molar-refractivity contribution < 1.29 is 8.42 Å². The van der Waals surface area contributed by atoms with E-state index in [0.717, 1.165) is 12.8 Å². The van der Waals surface area contributed by atoms with E-state index in [0.29, 0.717) is 16.5 Å². The molecule has 1 heterocycles. The molecule has 0 amide bonds. The number of rotatable bonds is 3. The number of hydrogen-bond donors (Lipinski definition) is 2. The first-order valence-corrected chi connectivity index (χ1v) is 7.95. The molecule has 0 radical (unpaired) electrons. The number of sulfonamides is 1. The summed E-state index contributed by atoms with van der Waals surface area (Å²) in [7, 11) is -3.51. The molecule has 1 aromatic heterocycles. The van der Waals surface area contributed by atoms with Crippen molar-refractivity contribution in [3.63, 3.8) is 0 Å². The first-order valence-electron chi connectivity index (χ1n) is 6.47. The highest BCUT2D eigenvalue weighted by molar-refractivity contribution is 7.89. The molecular formula is C14H16N2O3S. The summed E-state index contributed by atoms with van der Waals surface area (Å²) >= 11 is 0. The summed E-state index contributed by atoms with van der Waals surface area (Å²) < 4.78 is 27.3. The average molecular weight is 292 g/mol. The molecule has 106 valence electrons. The van der Waals surface area contributed by atoms with Crippen LogP contribution in [0.5, 0.6) is 0 Å². The van der Waals surface area contributed by atoms with Crippen molar-refractivity contribution in [2.24, 2.45) is 0 Å². The Balaban J connectivity index is 2.08. The topological polar surface area (TPSA) is 79.0 Å². The number of aromatic amines is 1. The molecule has 0 bridgehead atoms. The SMILES string of the molecule is Cc1cc2cc(S(=O)(=O)NC3(C)CC3)ccc2[nH]c1=O. The molecule has 20 heavy (non-hydrogen) atoms. The van der Waals surface area contributed by atoms with Crippen LogP contribution in [0.2, 0.25) is 0 Å². The lowest BCUT2D eigenvalue weighted by atomic mass is 10.2. The third-order valence-electron chi connectivity index (χ3n) is 3.69. The Morgan fingerprint density at radius 1 is 1.25 bits per heavy atom. The zero-order valence-corrected chi connectivity index (χ0v) is 12.2. The molecule has 2 aromatic rings. The largest absolute Gasteiger partial charge is 0.322 e. The van der Waals surface area contributed by atoms with Gasteiger partial charge in [0.05, 0.1) is 4.90 Å². The van der Waals surface area contributed by atoms with E-state index in [1.54, 1.807) is 25.1 Å². The zero-order valence-electron chi connectivity index (χ0n) is 11.4. The molecular weight excluding hydrogens is 276 g/mol. The summed E-state index contributed by atoms with van der Waals surface area (Å²) in [5.41, 5.74) is 0.748. The zero-order chi connectivity index (χ0) is 14.5. The van der Waals surface area contributed by atoms with E-state index in [4.69, 9.17) is 0 Å². The number of hydrogen-bond acceptors (Lipinski definition) is 3. The van der Waals surface area contributed by atoms with Crippen molar-refractivity contribution >= 4 is 20.9 Å². The van der Waals surface area contributed by atoms with E-state index in [1.165, 1.54) is 6.07 Å². The van der Waals surface area contributed by atoms with E-state index in [1.807, 2.05) is 6.92 Å². The van der Waals surface area contributed by atoms with Gasteiger partial charge in [-0.05, 0) is 56.3 Å². The summed E-state index contributed by atoms with van der Waals surface area (Å²) in [6, 6.07) is 6.43. The summed E-state index contributed by atoms with van der Waals surface area (Å²) in [4.78, 5) is 14.5. The van der Waals surface area contributed by atoms with Crippen LogP contribution in [0.3, 0.4) is 0 Å². The van der Waals surface area contributed by atoms with Crippen molar-refractivity contribution in [1.82, 2.24) is 9.71 Å². The van der Waals surface area contributed by atoms with Crippen LogP contribution in [0.1, 0.15) is 25.3 Å². The second-order valence-electron chi connectivity index (χ2n) is 5.70. The van der Waals surface area contributed by atoms with Crippen LogP contribution in [0.15, 0.2) is 34.0 Å². The van der Waals surface area contributed by atoms with Crippen molar-refractivity contribution in [1.29, 1.82) is 0 Å². The van der Waals surface area contributed by atoms with Crippen molar-refractivity contribution in [3.05, 3.63) is 40.2 Å². The Morgan fingerprint density at radius 2 is 1.95 bits per heavy atom. The van der Waals surface area contributed by atoms with Crippen LogP contribution in [0.4, 0.5) is 0 Å². The molecule has 0 unspecified atom stereocenters. The van der Waals surface area contributed by atoms with Gasteiger partial charge < -0.3 is 4.98 Å². The highest BCUT2D eigenvalue weighted by Gasteiger charge is 2.41. The van der Waals surface area contributed by atoms with Gasteiger partial charge in [-0.2, -0.15) is 0 Å².